The van der Waals surface area contributed by atoms with Crippen LogP contribution < -0.4 is 18.9 Å². The fraction of sp³-hybridized carbons (Fsp3) is 0.727. The zero-order valence-electron chi connectivity index (χ0n) is 17.2. The first-order valence-electron chi connectivity index (χ1n) is 10.3. The van der Waals surface area contributed by atoms with Crippen LogP contribution in [0.25, 0.3) is 0 Å². The maximum atomic E-state index is 4.87. The first kappa shape index (κ1) is 26.5. The van der Waals surface area contributed by atoms with Gasteiger partial charge in [-0.3, -0.25) is 0 Å². The molecule has 0 bridgehead atoms. The fourth-order valence-corrected chi connectivity index (χ4v) is 3.36. The molecule has 0 aromatic heterocycles. The molecule has 0 atom stereocenters. The Morgan fingerprint density at radius 3 is 1.62 bits per heavy atom. The molecule has 154 valence electrons. The van der Waals surface area contributed by atoms with Crippen LogP contribution in [0.15, 0.2) is 30.3 Å². The van der Waals surface area contributed by atoms with Crippen molar-refractivity contribution in [3.63, 3.8) is 0 Å². The Labute approximate surface area is 181 Å². The average Bonchev–Trinajstić information content (AvgIpc) is 2.61. The van der Waals surface area contributed by atoms with Crippen LogP contribution in [0, 0.1) is 0 Å². The van der Waals surface area contributed by atoms with E-state index < -0.39 is 18.9 Å². The van der Waals surface area contributed by atoms with E-state index in [9.17, 15) is 0 Å². The Morgan fingerprint density at radius 1 is 0.731 bits per heavy atom. The summed E-state index contributed by atoms with van der Waals surface area (Å²) in [6.45, 7) is 4.74. The van der Waals surface area contributed by atoms with E-state index in [1.165, 1.54) is 82.7 Å². The topological polar surface area (TPSA) is 0 Å². The maximum absolute atomic E-state index is 4.87. The van der Waals surface area contributed by atoms with Crippen molar-refractivity contribution in [2.75, 3.05) is 20.6 Å². The van der Waals surface area contributed by atoms with Crippen molar-refractivity contribution in [1.29, 1.82) is 0 Å². The summed E-state index contributed by atoms with van der Waals surface area (Å²) in [5, 5.41) is 0. The first-order chi connectivity index (χ1) is 12.6. The van der Waals surface area contributed by atoms with Crippen molar-refractivity contribution in [2.45, 2.75) is 84.1 Å². The SMILES string of the molecule is CCCCCCCCCCCCC[N+](C)(C)Cc1ccccc1.Cl[I-]Cl. The van der Waals surface area contributed by atoms with E-state index in [0.717, 1.165) is 11.0 Å². The molecule has 1 nitrogen and oxygen atoms in total. The van der Waals surface area contributed by atoms with Crippen molar-refractivity contribution < 1.29 is 23.4 Å². The van der Waals surface area contributed by atoms with Crippen molar-refractivity contribution in [3.05, 3.63) is 35.9 Å². The van der Waals surface area contributed by atoms with Gasteiger partial charge in [-0.2, -0.15) is 0 Å². The van der Waals surface area contributed by atoms with Crippen LogP contribution in [0.1, 0.15) is 83.1 Å². The van der Waals surface area contributed by atoms with Crippen LogP contribution in [-0.2, 0) is 6.54 Å². The van der Waals surface area contributed by atoms with Gasteiger partial charge < -0.3 is 4.48 Å². The van der Waals surface area contributed by atoms with E-state index >= 15 is 0 Å². The van der Waals surface area contributed by atoms with Crippen LogP contribution in [-0.4, -0.2) is 25.1 Å². The molecule has 0 unspecified atom stereocenters. The molecule has 0 aliphatic rings. The van der Waals surface area contributed by atoms with Crippen LogP contribution in [0.4, 0.5) is 0 Å². The number of unbranched alkanes of at least 4 members (excludes halogenated alkanes) is 10. The van der Waals surface area contributed by atoms with Gasteiger partial charge >= 0.3 is 36.8 Å². The second-order valence-electron chi connectivity index (χ2n) is 7.89. The van der Waals surface area contributed by atoms with Gasteiger partial charge in [-0.1, -0.05) is 95.0 Å². The summed E-state index contributed by atoms with van der Waals surface area (Å²) in [4.78, 5) is 0. The van der Waals surface area contributed by atoms with E-state index in [1.54, 1.807) is 0 Å². The summed E-state index contributed by atoms with van der Waals surface area (Å²) in [6, 6.07) is 10.9. The zero-order valence-corrected chi connectivity index (χ0v) is 20.8. The van der Waals surface area contributed by atoms with Gasteiger partial charge in [0, 0.05) is 5.56 Å². The molecule has 0 aliphatic carbocycles. The monoisotopic (exact) mass is 515 g/mol. The number of halogens is 3. The van der Waals surface area contributed by atoms with E-state index in [0.29, 0.717) is 0 Å². The predicted molar refractivity (Wildman–Crippen MR) is 115 cm³/mol. The predicted octanol–water partition coefficient (Wildman–Crippen LogP) is 4.96. The summed E-state index contributed by atoms with van der Waals surface area (Å²) < 4.78 is 1.11. The minimum atomic E-state index is -0.466. The summed E-state index contributed by atoms with van der Waals surface area (Å²) in [6.07, 6.45) is 15.7. The quantitative estimate of drug-likeness (QED) is 0.187. The summed E-state index contributed by atoms with van der Waals surface area (Å²) in [5.74, 6) is 0. The second-order valence-corrected chi connectivity index (χ2v) is 11.1. The Balaban J connectivity index is 0.00000194. The van der Waals surface area contributed by atoms with Crippen LogP contribution in [0.3, 0.4) is 0 Å². The van der Waals surface area contributed by atoms with Gasteiger partial charge in [-0.05, 0) is 12.8 Å². The fourth-order valence-electron chi connectivity index (χ4n) is 3.36. The molecule has 0 aliphatic heterocycles. The molecule has 0 N–H and O–H groups in total. The van der Waals surface area contributed by atoms with Gasteiger partial charge in [0.1, 0.15) is 6.54 Å². The second kappa shape index (κ2) is 18.8. The first-order valence-corrected chi connectivity index (χ1v) is 15.7. The summed E-state index contributed by atoms with van der Waals surface area (Å²) in [7, 11) is 14.5. The van der Waals surface area contributed by atoms with Crippen molar-refractivity contribution >= 4 is 17.8 Å². The summed E-state index contributed by atoms with van der Waals surface area (Å²) >= 11 is -0.466. The third-order valence-corrected chi connectivity index (χ3v) is 4.82. The number of benzene rings is 1. The van der Waals surface area contributed by atoms with E-state index in [1.807, 2.05) is 0 Å². The Morgan fingerprint density at radius 2 is 1.15 bits per heavy atom. The van der Waals surface area contributed by atoms with Gasteiger partial charge in [0.05, 0.1) is 20.6 Å². The molecule has 0 heterocycles. The molecule has 0 spiro atoms. The van der Waals surface area contributed by atoms with Crippen LogP contribution >= 0.6 is 17.8 Å². The zero-order chi connectivity index (χ0) is 19.5. The Hall–Kier alpha value is 0.490. The van der Waals surface area contributed by atoms with Gasteiger partial charge in [-0.25, -0.2) is 0 Å². The normalized spacial score (nSPS) is 11.3. The molecule has 26 heavy (non-hydrogen) atoms. The van der Waals surface area contributed by atoms with Gasteiger partial charge in [0.2, 0.25) is 0 Å². The standard InChI is InChI=1S/C22H40N.Cl2I/c1-4-5-6-7-8-9-10-11-12-13-17-20-23(2,3)21-22-18-15-14-16-19-22;1-3-2/h14-16,18-19H,4-13,17,20-21H2,1-3H3;/q+1;-1. The summed E-state index contributed by atoms with van der Waals surface area (Å²) in [5.41, 5.74) is 1.46. The number of quaternary nitrogens is 1. The Kier molecular flexibility index (Phi) is 19.2. The number of nitrogens with zero attached hydrogens (tertiary/aromatic N) is 1. The van der Waals surface area contributed by atoms with Crippen molar-refractivity contribution in [3.8, 4) is 0 Å². The molecule has 1 rings (SSSR count). The third-order valence-electron chi connectivity index (χ3n) is 4.82. The number of hydrogen-bond acceptors (Lipinski definition) is 0. The van der Waals surface area contributed by atoms with E-state index in [4.69, 9.17) is 17.8 Å². The molecule has 1 aromatic carbocycles. The van der Waals surface area contributed by atoms with Crippen molar-refractivity contribution in [1.82, 2.24) is 0 Å². The third kappa shape index (κ3) is 17.9. The molecule has 0 fully saturated rings. The van der Waals surface area contributed by atoms with Crippen molar-refractivity contribution in [2.24, 2.45) is 0 Å². The van der Waals surface area contributed by atoms with Crippen LogP contribution in [0.5, 0.6) is 0 Å². The van der Waals surface area contributed by atoms with Crippen LogP contribution in [0.2, 0.25) is 0 Å². The molecular weight excluding hydrogens is 476 g/mol. The van der Waals surface area contributed by atoms with Gasteiger partial charge in [-0.15, -0.1) is 0 Å². The van der Waals surface area contributed by atoms with E-state index in [-0.39, 0.29) is 0 Å². The molecule has 0 amide bonds. The van der Waals surface area contributed by atoms with Gasteiger partial charge in [0.25, 0.3) is 0 Å². The molecule has 1 aromatic rings. The molecule has 4 heteroatoms. The number of rotatable bonds is 14. The van der Waals surface area contributed by atoms with Gasteiger partial charge in [0.15, 0.2) is 0 Å². The number of hydrogen-bond donors (Lipinski definition) is 0. The van der Waals surface area contributed by atoms with E-state index in [2.05, 4.69) is 51.4 Å². The molecule has 0 saturated heterocycles. The molecule has 0 saturated carbocycles. The average molecular weight is 516 g/mol. The minimum absolute atomic E-state index is 0.466. The Bertz CT molecular complexity index is 398. The molecule has 0 radical (unpaired) electrons. The molecular formula is C22H40Cl2IN.